The molecule has 0 saturated carbocycles. The van der Waals surface area contributed by atoms with Crippen molar-refractivity contribution in [2.24, 2.45) is 0 Å². The van der Waals surface area contributed by atoms with Gasteiger partial charge in [-0.2, -0.15) is 13.2 Å². The van der Waals surface area contributed by atoms with E-state index in [1.807, 2.05) is 4.72 Å². The minimum absolute atomic E-state index is 0.290. The number of benzene rings is 1. The van der Waals surface area contributed by atoms with Gasteiger partial charge in [0.2, 0.25) is 10.0 Å². The van der Waals surface area contributed by atoms with E-state index in [1.54, 1.807) is 12.1 Å². The molecule has 0 aromatic heterocycles. The summed E-state index contributed by atoms with van der Waals surface area (Å²) in [5.74, 6) is -0.433. The molecule has 0 unspecified atom stereocenters. The zero-order chi connectivity index (χ0) is 13.8. The average Bonchev–Trinajstić information content (AvgIpc) is 2.18. The lowest BCUT2D eigenvalue weighted by molar-refractivity contribution is -0.132. The molecule has 0 spiro atoms. The molecule has 18 heavy (non-hydrogen) atoms. The Balaban J connectivity index is 2.58. The molecule has 0 heterocycles. The van der Waals surface area contributed by atoms with E-state index in [-0.39, 0.29) is 0 Å². The van der Waals surface area contributed by atoms with Crippen molar-refractivity contribution in [1.29, 1.82) is 0 Å². The minimum atomic E-state index is -4.38. The molecule has 102 valence electrons. The van der Waals surface area contributed by atoms with Crippen LogP contribution in [0, 0.1) is 0 Å². The first-order valence-electron chi connectivity index (χ1n) is 5.07. The summed E-state index contributed by atoms with van der Waals surface area (Å²) in [6.45, 7) is -0.668. The SMILES string of the molecule is Nc1ccccc1CS(=O)(=O)NCCC(F)(F)F. The number of hydrogen-bond donors (Lipinski definition) is 2. The smallest absolute Gasteiger partial charge is 0.390 e. The van der Waals surface area contributed by atoms with Crippen LogP contribution in [0.3, 0.4) is 0 Å². The average molecular weight is 282 g/mol. The third-order valence-electron chi connectivity index (χ3n) is 2.13. The number of nitrogens with one attached hydrogen (secondary N) is 1. The normalized spacial score (nSPS) is 12.6. The number of hydrogen-bond acceptors (Lipinski definition) is 3. The van der Waals surface area contributed by atoms with Crippen LogP contribution in [0.4, 0.5) is 18.9 Å². The van der Waals surface area contributed by atoms with E-state index in [9.17, 15) is 21.6 Å². The third kappa shape index (κ3) is 5.37. The molecule has 4 nitrogen and oxygen atoms in total. The van der Waals surface area contributed by atoms with E-state index < -0.39 is 34.9 Å². The highest BCUT2D eigenvalue weighted by molar-refractivity contribution is 7.88. The molecule has 0 radical (unpaired) electrons. The van der Waals surface area contributed by atoms with Gasteiger partial charge in [-0.1, -0.05) is 18.2 Å². The molecule has 0 aliphatic rings. The summed E-state index contributed by atoms with van der Waals surface area (Å²) in [5.41, 5.74) is 6.20. The first kappa shape index (κ1) is 14.8. The van der Waals surface area contributed by atoms with Crippen LogP contribution in [-0.4, -0.2) is 21.1 Å². The summed E-state index contributed by atoms with van der Waals surface area (Å²) < 4.78 is 60.5. The summed E-state index contributed by atoms with van der Waals surface area (Å²) in [6, 6.07) is 6.29. The molecule has 0 atom stereocenters. The Morgan fingerprint density at radius 2 is 1.83 bits per heavy atom. The number of alkyl halides is 3. The molecule has 3 N–H and O–H groups in total. The molecule has 1 aromatic carbocycles. The highest BCUT2D eigenvalue weighted by Crippen LogP contribution is 2.19. The maximum absolute atomic E-state index is 11.9. The number of anilines is 1. The van der Waals surface area contributed by atoms with E-state index in [2.05, 4.69) is 0 Å². The lowest BCUT2D eigenvalue weighted by Gasteiger charge is -2.09. The van der Waals surface area contributed by atoms with Crippen LogP contribution in [0.25, 0.3) is 0 Å². The Morgan fingerprint density at radius 3 is 2.39 bits per heavy atom. The van der Waals surface area contributed by atoms with Gasteiger partial charge in [0.1, 0.15) is 0 Å². The number of sulfonamides is 1. The largest absolute Gasteiger partial charge is 0.398 e. The predicted molar refractivity (Wildman–Crippen MR) is 62.2 cm³/mol. The van der Waals surface area contributed by atoms with Crippen molar-refractivity contribution in [2.75, 3.05) is 12.3 Å². The first-order valence-corrected chi connectivity index (χ1v) is 6.72. The van der Waals surface area contributed by atoms with Gasteiger partial charge in [0.05, 0.1) is 12.2 Å². The van der Waals surface area contributed by atoms with Crippen LogP contribution in [0.15, 0.2) is 24.3 Å². The molecular formula is C10H13F3N2O2S. The molecule has 0 saturated heterocycles. The van der Waals surface area contributed by atoms with Gasteiger partial charge in [0.15, 0.2) is 0 Å². The molecule has 0 amide bonds. The zero-order valence-electron chi connectivity index (χ0n) is 9.37. The molecule has 0 bridgehead atoms. The van der Waals surface area contributed by atoms with Crippen molar-refractivity contribution < 1.29 is 21.6 Å². The van der Waals surface area contributed by atoms with E-state index in [1.165, 1.54) is 12.1 Å². The van der Waals surface area contributed by atoms with E-state index >= 15 is 0 Å². The third-order valence-corrected chi connectivity index (χ3v) is 3.47. The molecule has 8 heteroatoms. The van der Waals surface area contributed by atoms with E-state index in [0.29, 0.717) is 11.3 Å². The summed E-state index contributed by atoms with van der Waals surface area (Å²) in [7, 11) is -3.81. The van der Waals surface area contributed by atoms with E-state index in [0.717, 1.165) is 0 Å². The van der Waals surface area contributed by atoms with Crippen molar-refractivity contribution in [3.8, 4) is 0 Å². The second kappa shape index (κ2) is 5.57. The lowest BCUT2D eigenvalue weighted by Crippen LogP contribution is -2.29. The van der Waals surface area contributed by atoms with Gasteiger partial charge in [-0.05, 0) is 11.6 Å². The van der Waals surface area contributed by atoms with Crippen LogP contribution in [-0.2, 0) is 15.8 Å². The highest BCUT2D eigenvalue weighted by Gasteiger charge is 2.27. The van der Waals surface area contributed by atoms with Crippen LogP contribution in [0.1, 0.15) is 12.0 Å². The summed E-state index contributed by atoms with van der Waals surface area (Å²) in [4.78, 5) is 0. The maximum Gasteiger partial charge on any atom is 0.390 e. The van der Waals surface area contributed by atoms with Crippen molar-refractivity contribution in [2.45, 2.75) is 18.3 Å². The van der Waals surface area contributed by atoms with Gasteiger partial charge in [0.25, 0.3) is 0 Å². The molecule has 0 aliphatic heterocycles. The Kier molecular flexibility index (Phi) is 4.58. The minimum Gasteiger partial charge on any atom is -0.398 e. The van der Waals surface area contributed by atoms with Crippen molar-refractivity contribution in [3.05, 3.63) is 29.8 Å². The number of nitrogens with two attached hydrogens (primary N) is 1. The quantitative estimate of drug-likeness (QED) is 0.806. The number of rotatable bonds is 5. The standard InChI is InChI=1S/C10H13F3N2O2S/c11-10(12,13)5-6-15-18(16,17)7-8-3-1-2-4-9(8)14/h1-4,15H,5-7,14H2. The monoisotopic (exact) mass is 282 g/mol. The van der Waals surface area contributed by atoms with Crippen LogP contribution in [0.2, 0.25) is 0 Å². The van der Waals surface area contributed by atoms with Gasteiger partial charge >= 0.3 is 6.18 Å². The Labute approximate surface area is 103 Å². The fourth-order valence-electron chi connectivity index (χ4n) is 1.27. The van der Waals surface area contributed by atoms with Gasteiger partial charge < -0.3 is 5.73 Å². The molecule has 0 fully saturated rings. The molecule has 1 rings (SSSR count). The fourth-order valence-corrected chi connectivity index (χ4v) is 2.46. The second-order valence-electron chi connectivity index (χ2n) is 3.72. The Bertz CT molecular complexity index is 500. The molecular weight excluding hydrogens is 269 g/mol. The molecule has 1 aromatic rings. The predicted octanol–water partition coefficient (Wildman–Crippen LogP) is 1.64. The van der Waals surface area contributed by atoms with Gasteiger partial charge in [-0.3, -0.25) is 0 Å². The van der Waals surface area contributed by atoms with Crippen molar-refractivity contribution in [3.63, 3.8) is 0 Å². The number of halogens is 3. The van der Waals surface area contributed by atoms with Crippen molar-refractivity contribution >= 4 is 15.7 Å². The second-order valence-corrected chi connectivity index (χ2v) is 5.52. The molecule has 0 aliphatic carbocycles. The summed E-state index contributed by atoms with van der Waals surface area (Å²) in [5, 5.41) is 0. The fraction of sp³-hybridized carbons (Fsp3) is 0.400. The van der Waals surface area contributed by atoms with Crippen LogP contribution >= 0.6 is 0 Å². The van der Waals surface area contributed by atoms with Crippen molar-refractivity contribution in [1.82, 2.24) is 4.72 Å². The van der Waals surface area contributed by atoms with Gasteiger partial charge in [-0.15, -0.1) is 0 Å². The topological polar surface area (TPSA) is 72.2 Å². The number of para-hydroxylation sites is 1. The van der Waals surface area contributed by atoms with E-state index in [4.69, 9.17) is 5.73 Å². The van der Waals surface area contributed by atoms with Gasteiger partial charge in [-0.25, -0.2) is 13.1 Å². The zero-order valence-corrected chi connectivity index (χ0v) is 10.2. The Morgan fingerprint density at radius 1 is 1.22 bits per heavy atom. The summed E-state index contributed by atoms with van der Waals surface area (Å²) >= 11 is 0. The highest BCUT2D eigenvalue weighted by atomic mass is 32.2. The summed E-state index contributed by atoms with van der Waals surface area (Å²) in [6.07, 6.45) is -5.58. The lowest BCUT2D eigenvalue weighted by atomic mass is 10.2. The maximum atomic E-state index is 11.9. The first-order chi connectivity index (χ1) is 8.20. The van der Waals surface area contributed by atoms with Crippen LogP contribution in [0.5, 0.6) is 0 Å². The number of nitrogen functional groups attached to an aromatic ring is 1. The van der Waals surface area contributed by atoms with Gasteiger partial charge in [0, 0.05) is 12.2 Å². The van der Waals surface area contributed by atoms with Crippen LogP contribution < -0.4 is 10.5 Å². The Hall–Kier alpha value is -1.28.